The van der Waals surface area contributed by atoms with E-state index in [1.54, 1.807) is 35.3 Å². The molecule has 2 aromatic carbocycles. The summed E-state index contributed by atoms with van der Waals surface area (Å²) in [6, 6.07) is 19.3. The van der Waals surface area contributed by atoms with Crippen molar-refractivity contribution < 1.29 is 9.59 Å². The highest BCUT2D eigenvalue weighted by Gasteiger charge is 2.36. The van der Waals surface area contributed by atoms with E-state index < -0.39 is 0 Å². The van der Waals surface area contributed by atoms with Gasteiger partial charge in [0.05, 0.1) is 5.69 Å². The number of carbonyl (C=O) groups excluding carboxylic acids is 2. The molecule has 0 bridgehead atoms. The Bertz CT molecular complexity index is 1470. The van der Waals surface area contributed by atoms with Crippen LogP contribution < -0.4 is 0 Å². The first kappa shape index (κ1) is 21.0. The van der Waals surface area contributed by atoms with Crippen molar-refractivity contribution in [3.63, 3.8) is 0 Å². The molecule has 172 valence electrons. The molecule has 1 fully saturated rings. The number of benzene rings is 2. The van der Waals surface area contributed by atoms with Crippen LogP contribution in [0.2, 0.25) is 0 Å². The highest BCUT2D eigenvalue weighted by Crippen LogP contribution is 2.31. The molecule has 2 amide bonds. The fraction of sp³-hybridized carbons (Fsp3) is 0.148. The van der Waals surface area contributed by atoms with Crippen molar-refractivity contribution in [2.24, 2.45) is 5.92 Å². The molecule has 0 spiro atoms. The molecule has 35 heavy (non-hydrogen) atoms. The van der Waals surface area contributed by atoms with Gasteiger partial charge in [-0.05, 0) is 41.5 Å². The maximum absolute atomic E-state index is 13.0. The number of H-pyrrole nitrogens is 1. The maximum atomic E-state index is 13.0. The second-order valence-electron chi connectivity index (χ2n) is 8.78. The number of fused-ring (bicyclic) bond motifs is 2. The van der Waals surface area contributed by atoms with E-state index in [2.05, 4.69) is 20.4 Å². The predicted molar refractivity (Wildman–Crippen MR) is 132 cm³/mol. The Morgan fingerprint density at radius 3 is 2.60 bits per heavy atom. The Labute approximate surface area is 201 Å². The second kappa shape index (κ2) is 8.64. The third kappa shape index (κ3) is 4.10. The third-order valence-electron chi connectivity index (χ3n) is 6.50. The minimum Gasteiger partial charge on any atom is -0.334 e. The molecule has 0 aliphatic carbocycles. The summed E-state index contributed by atoms with van der Waals surface area (Å²) in [5.74, 6) is 0.0403. The molecule has 1 atom stereocenters. The molecule has 8 nitrogen and oxygen atoms in total. The van der Waals surface area contributed by atoms with Crippen molar-refractivity contribution in [1.29, 1.82) is 0 Å². The third-order valence-corrected chi connectivity index (χ3v) is 6.50. The first-order valence-electron chi connectivity index (χ1n) is 11.4. The van der Waals surface area contributed by atoms with Gasteiger partial charge in [-0.25, -0.2) is 0 Å². The monoisotopic (exact) mass is 462 g/mol. The van der Waals surface area contributed by atoms with Crippen LogP contribution in [0.15, 0.2) is 84.7 Å². The van der Waals surface area contributed by atoms with Gasteiger partial charge in [-0.15, -0.1) is 0 Å². The van der Waals surface area contributed by atoms with Crippen LogP contribution in [0, 0.1) is 5.92 Å². The van der Waals surface area contributed by atoms with Gasteiger partial charge in [0.2, 0.25) is 5.91 Å². The van der Waals surface area contributed by atoms with Crippen molar-refractivity contribution in [3.05, 3.63) is 96.0 Å². The van der Waals surface area contributed by atoms with Gasteiger partial charge in [-0.1, -0.05) is 36.4 Å². The first-order valence-corrected chi connectivity index (χ1v) is 11.4. The second-order valence-corrected chi connectivity index (χ2v) is 8.78. The molecular weight excluding hydrogens is 440 g/mol. The van der Waals surface area contributed by atoms with Gasteiger partial charge < -0.3 is 9.80 Å². The number of hydrogen-bond acceptors (Lipinski definition) is 5. The predicted octanol–water partition coefficient (Wildman–Crippen LogP) is 3.53. The molecule has 2 aliphatic heterocycles. The Morgan fingerprint density at radius 1 is 0.943 bits per heavy atom. The number of pyridine rings is 1. The van der Waals surface area contributed by atoms with E-state index in [-0.39, 0.29) is 17.7 Å². The van der Waals surface area contributed by atoms with Crippen LogP contribution in [0.25, 0.3) is 28.2 Å². The van der Waals surface area contributed by atoms with Crippen LogP contribution in [-0.4, -0.2) is 61.6 Å². The molecule has 2 aliphatic rings. The van der Waals surface area contributed by atoms with Gasteiger partial charge in [0.25, 0.3) is 5.91 Å². The average Bonchev–Trinajstić information content (AvgIpc) is 3.62. The quantitative estimate of drug-likeness (QED) is 0.468. The van der Waals surface area contributed by atoms with E-state index in [1.165, 1.54) is 0 Å². The number of hydrogen-bond donors (Lipinski definition) is 1. The molecule has 0 saturated carbocycles. The fourth-order valence-electron chi connectivity index (χ4n) is 4.62. The number of likely N-dealkylation sites (tertiary alicyclic amines) is 1. The maximum Gasteiger partial charge on any atom is 0.257 e. The smallest absolute Gasteiger partial charge is 0.257 e. The Hall–Kier alpha value is -4.59. The van der Waals surface area contributed by atoms with Crippen molar-refractivity contribution in [1.82, 2.24) is 30.2 Å². The molecule has 6 rings (SSSR count). The zero-order valence-electron chi connectivity index (χ0n) is 18.8. The molecule has 0 radical (unpaired) electrons. The summed E-state index contributed by atoms with van der Waals surface area (Å²) >= 11 is 0. The molecule has 1 saturated heterocycles. The highest BCUT2D eigenvalue weighted by molar-refractivity contribution is 5.98. The van der Waals surface area contributed by atoms with Gasteiger partial charge in [-0.2, -0.15) is 15.4 Å². The summed E-state index contributed by atoms with van der Waals surface area (Å²) < 4.78 is 0. The summed E-state index contributed by atoms with van der Waals surface area (Å²) in [7, 11) is 0. The SMILES string of the molecule is O=C(c1ccc2n[nH]nc2c1)N1C=C2CN(C(=O)/C=C/c3ccc(-c4ccccc4)cn3)C[C@@H]2C1. The normalized spacial score (nSPS) is 17.3. The summed E-state index contributed by atoms with van der Waals surface area (Å²) in [6.45, 7) is 1.70. The van der Waals surface area contributed by atoms with E-state index in [1.807, 2.05) is 59.8 Å². The highest BCUT2D eigenvalue weighted by atomic mass is 16.2. The lowest BCUT2D eigenvalue weighted by Crippen LogP contribution is -2.32. The Balaban J connectivity index is 1.08. The fourth-order valence-corrected chi connectivity index (χ4v) is 4.62. The lowest BCUT2D eigenvalue weighted by molar-refractivity contribution is -0.125. The molecule has 8 heteroatoms. The van der Waals surface area contributed by atoms with Crippen molar-refractivity contribution in [3.8, 4) is 11.1 Å². The molecular formula is C27H22N6O2. The van der Waals surface area contributed by atoms with E-state index in [4.69, 9.17) is 0 Å². The van der Waals surface area contributed by atoms with E-state index >= 15 is 0 Å². The number of carbonyl (C=O) groups is 2. The minimum atomic E-state index is -0.0698. The number of rotatable bonds is 4. The summed E-state index contributed by atoms with van der Waals surface area (Å²) in [4.78, 5) is 33.7. The molecule has 1 N–H and O–H groups in total. The van der Waals surface area contributed by atoms with Crippen molar-refractivity contribution in [2.75, 3.05) is 19.6 Å². The first-order chi connectivity index (χ1) is 17.1. The Kier molecular flexibility index (Phi) is 5.18. The molecule has 0 unspecified atom stereocenters. The van der Waals surface area contributed by atoms with Gasteiger partial charge >= 0.3 is 0 Å². The van der Waals surface area contributed by atoms with Crippen LogP contribution in [-0.2, 0) is 4.79 Å². The van der Waals surface area contributed by atoms with Crippen LogP contribution in [0.3, 0.4) is 0 Å². The van der Waals surface area contributed by atoms with Gasteiger partial charge in [0.1, 0.15) is 11.0 Å². The van der Waals surface area contributed by atoms with Crippen LogP contribution in [0.1, 0.15) is 16.1 Å². The average molecular weight is 463 g/mol. The molecule has 4 heterocycles. The topological polar surface area (TPSA) is 95.1 Å². The van der Waals surface area contributed by atoms with Crippen molar-refractivity contribution in [2.45, 2.75) is 0 Å². The van der Waals surface area contributed by atoms with Crippen LogP contribution in [0.5, 0.6) is 0 Å². The van der Waals surface area contributed by atoms with Crippen molar-refractivity contribution >= 4 is 28.9 Å². The number of aromatic amines is 1. The lowest BCUT2D eigenvalue weighted by Gasteiger charge is -2.19. The van der Waals surface area contributed by atoms with Crippen LogP contribution in [0.4, 0.5) is 0 Å². The number of aromatic nitrogens is 4. The van der Waals surface area contributed by atoms with E-state index in [0.29, 0.717) is 30.7 Å². The van der Waals surface area contributed by atoms with Gasteiger partial charge in [0.15, 0.2) is 0 Å². The minimum absolute atomic E-state index is 0.0522. The standard InChI is InChI=1S/C27H22N6O2/c34-26(11-9-23-8-6-20(13-28-23)18-4-2-1-3-5-18)32-14-21-16-33(17-22(21)15-32)27(35)19-7-10-24-25(12-19)30-31-29-24/h1-13,16,22H,14-15,17H2,(H,29,30,31)/b11-9+/t22-/m1/s1. The molecule has 2 aromatic heterocycles. The largest absolute Gasteiger partial charge is 0.334 e. The van der Waals surface area contributed by atoms with E-state index in [0.717, 1.165) is 27.9 Å². The zero-order valence-corrected chi connectivity index (χ0v) is 18.8. The summed E-state index contributed by atoms with van der Waals surface area (Å²) in [6.07, 6.45) is 7.02. The molecule has 4 aromatic rings. The number of nitrogens with one attached hydrogen (secondary N) is 1. The van der Waals surface area contributed by atoms with Gasteiger partial charge in [0, 0.05) is 55.2 Å². The van der Waals surface area contributed by atoms with Crippen LogP contribution >= 0.6 is 0 Å². The summed E-state index contributed by atoms with van der Waals surface area (Å²) in [5, 5.41) is 10.6. The van der Waals surface area contributed by atoms with E-state index in [9.17, 15) is 9.59 Å². The summed E-state index contributed by atoms with van der Waals surface area (Å²) in [5.41, 5.74) is 5.94. The number of nitrogens with zero attached hydrogens (tertiary/aromatic N) is 5. The lowest BCUT2D eigenvalue weighted by atomic mass is 10.1. The zero-order chi connectivity index (χ0) is 23.8. The Morgan fingerprint density at radius 2 is 1.80 bits per heavy atom. The number of amides is 2. The van der Waals surface area contributed by atoms with Gasteiger partial charge in [-0.3, -0.25) is 14.6 Å².